The number of aliphatic imine (C=N–C) groups is 1. The highest BCUT2D eigenvalue weighted by Gasteiger charge is 2.44. The summed E-state index contributed by atoms with van der Waals surface area (Å²) in [6.07, 6.45) is 5.75. The number of aliphatic hydroxyl groups excluding tert-OH is 1. The van der Waals surface area contributed by atoms with Gasteiger partial charge in [-0.2, -0.15) is 0 Å². The van der Waals surface area contributed by atoms with Crippen molar-refractivity contribution < 1.29 is 9.50 Å². The molecule has 0 aromatic heterocycles. The Bertz CT molecular complexity index is 560. The Morgan fingerprint density at radius 1 is 1.21 bits per heavy atom. The second kappa shape index (κ2) is 7.51. The molecule has 3 N–H and O–H groups in total. The second-order valence-electron chi connectivity index (χ2n) is 7.13. The smallest absolute Gasteiger partial charge is 0.191 e. The van der Waals surface area contributed by atoms with Gasteiger partial charge in [0.05, 0.1) is 12.6 Å². The van der Waals surface area contributed by atoms with E-state index in [1.165, 1.54) is 17.7 Å². The number of nitrogens with one attached hydrogen (secondary N) is 2. The fourth-order valence-corrected chi connectivity index (χ4v) is 3.46. The summed E-state index contributed by atoms with van der Waals surface area (Å²) in [7, 11) is 0. The molecular weight excluding hydrogens is 305 g/mol. The lowest BCUT2D eigenvalue weighted by molar-refractivity contribution is 0.120. The number of halogens is 1. The molecule has 0 saturated heterocycles. The number of benzene rings is 1. The van der Waals surface area contributed by atoms with Crippen LogP contribution in [0.2, 0.25) is 0 Å². The zero-order valence-electron chi connectivity index (χ0n) is 14.4. The minimum absolute atomic E-state index is 0.0822. The number of rotatable bonds is 5. The van der Waals surface area contributed by atoms with E-state index in [1.807, 2.05) is 12.1 Å². The van der Waals surface area contributed by atoms with Crippen molar-refractivity contribution in [3.63, 3.8) is 0 Å². The predicted octanol–water partition coefficient (Wildman–Crippen LogP) is 2.72. The molecule has 3 rings (SSSR count). The highest BCUT2D eigenvalue weighted by molar-refractivity contribution is 5.80. The van der Waals surface area contributed by atoms with E-state index in [4.69, 9.17) is 4.99 Å². The molecule has 2 saturated carbocycles. The molecule has 2 aliphatic carbocycles. The molecule has 24 heavy (non-hydrogen) atoms. The van der Waals surface area contributed by atoms with Gasteiger partial charge < -0.3 is 15.7 Å². The van der Waals surface area contributed by atoms with Gasteiger partial charge in [-0.15, -0.1) is 0 Å². The van der Waals surface area contributed by atoms with Crippen molar-refractivity contribution >= 4 is 5.96 Å². The first-order valence-corrected chi connectivity index (χ1v) is 9.10. The van der Waals surface area contributed by atoms with Crippen molar-refractivity contribution in [3.05, 3.63) is 35.6 Å². The number of guanidine groups is 1. The molecule has 1 aromatic carbocycles. The number of aliphatic hydroxyl groups is 1. The van der Waals surface area contributed by atoms with Gasteiger partial charge in [0, 0.05) is 18.0 Å². The summed E-state index contributed by atoms with van der Waals surface area (Å²) in [6.45, 7) is 3.61. The third-order valence-corrected chi connectivity index (χ3v) is 5.23. The van der Waals surface area contributed by atoms with Crippen LogP contribution >= 0.6 is 0 Å². The SMILES string of the molecule is CCNC(=NCC1(c2ccc(F)cc2)CC1)NC1CCC(O)CC1. The van der Waals surface area contributed by atoms with E-state index in [0.29, 0.717) is 6.04 Å². The van der Waals surface area contributed by atoms with Crippen LogP contribution in [0.4, 0.5) is 4.39 Å². The monoisotopic (exact) mass is 333 g/mol. The minimum atomic E-state index is -0.187. The molecule has 0 heterocycles. The summed E-state index contributed by atoms with van der Waals surface area (Å²) in [6, 6.07) is 7.24. The molecule has 0 spiro atoms. The van der Waals surface area contributed by atoms with Crippen molar-refractivity contribution in [2.45, 2.75) is 63.0 Å². The molecule has 2 fully saturated rings. The van der Waals surface area contributed by atoms with E-state index in [9.17, 15) is 9.50 Å². The highest BCUT2D eigenvalue weighted by atomic mass is 19.1. The van der Waals surface area contributed by atoms with Gasteiger partial charge in [0.25, 0.3) is 0 Å². The summed E-state index contributed by atoms with van der Waals surface area (Å²) in [4.78, 5) is 4.80. The van der Waals surface area contributed by atoms with Crippen LogP contribution in [0.1, 0.15) is 51.0 Å². The van der Waals surface area contributed by atoms with Crippen molar-refractivity contribution in [2.24, 2.45) is 4.99 Å². The molecule has 2 aliphatic rings. The summed E-state index contributed by atoms with van der Waals surface area (Å²) < 4.78 is 13.1. The maximum atomic E-state index is 13.1. The van der Waals surface area contributed by atoms with Gasteiger partial charge in [0.15, 0.2) is 5.96 Å². The Labute approximate surface area is 143 Å². The van der Waals surface area contributed by atoms with Crippen LogP contribution in [0, 0.1) is 5.82 Å². The molecule has 0 unspecified atom stereocenters. The van der Waals surface area contributed by atoms with Crippen molar-refractivity contribution in [1.82, 2.24) is 10.6 Å². The first kappa shape index (κ1) is 17.2. The van der Waals surface area contributed by atoms with Crippen LogP contribution in [-0.4, -0.2) is 36.3 Å². The Morgan fingerprint density at radius 2 is 1.88 bits per heavy atom. The van der Waals surface area contributed by atoms with E-state index in [2.05, 4.69) is 17.6 Å². The molecular formula is C19H28FN3O. The van der Waals surface area contributed by atoms with Gasteiger partial charge in [0.2, 0.25) is 0 Å². The number of nitrogens with zero attached hydrogens (tertiary/aromatic N) is 1. The van der Waals surface area contributed by atoms with Gasteiger partial charge in [-0.25, -0.2) is 4.39 Å². The maximum Gasteiger partial charge on any atom is 0.191 e. The average Bonchev–Trinajstić information content (AvgIpc) is 3.37. The van der Waals surface area contributed by atoms with Crippen LogP contribution < -0.4 is 10.6 Å². The van der Waals surface area contributed by atoms with Gasteiger partial charge in [-0.1, -0.05) is 12.1 Å². The van der Waals surface area contributed by atoms with E-state index < -0.39 is 0 Å². The molecule has 0 radical (unpaired) electrons. The lowest BCUT2D eigenvalue weighted by Crippen LogP contribution is -2.45. The summed E-state index contributed by atoms with van der Waals surface area (Å²) in [5, 5.41) is 16.5. The van der Waals surface area contributed by atoms with Crippen LogP contribution in [-0.2, 0) is 5.41 Å². The normalized spacial score (nSPS) is 26.0. The van der Waals surface area contributed by atoms with E-state index in [1.54, 1.807) is 0 Å². The molecule has 132 valence electrons. The van der Waals surface area contributed by atoms with Gasteiger partial charge in [-0.05, 0) is 63.1 Å². The van der Waals surface area contributed by atoms with Gasteiger partial charge in [0.1, 0.15) is 5.82 Å². The quantitative estimate of drug-likeness (QED) is 0.574. The van der Waals surface area contributed by atoms with Crippen molar-refractivity contribution in [1.29, 1.82) is 0 Å². The van der Waals surface area contributed by atoms with Gasteiger partial charge >= 0.3 is 0 Å². The molecule has 0 amide bonds. The van der Waals surface area contributed by atoms with E-state index >= 15 is 0 Å². The largest absolute Gasteiger partial charge is 0.393 e. The molecule has 0 atom stereocenters. The summed E-state index contributed by atoms with van der Waals surface area (Å²) in [5.41, 5.74) is 1.27. The Hall–Kier alpha value is -1.62. The molecule has 0 aliphatic heterocycles. The first-order valence-electron chi connectivity index (χ1n) is 9.10. The number of hydrogen-bond acceptors (Lipinski definition) is 2. The Morgan fingerprint density at radius 3 is 2.46 bits per heavy atom. The molecule has 0 bridgehead atoms. The first-order chi connectivity index (χ1) is 11.6. The van der Waals surface area contributed by atoms with Crippen LogP contribution in [0.25, 0.3) is 0 Å². The lowest BCUT2D eigenvalue weighted by Gasteiger charge is -2.28. The molecule has 4 nitrogen and oxygen atoms in total. The topological polar surface area (TPSA) is 56.7 Å². The minimum Gasteiger partial charge on any atom is -0.393 e. The summed E-state index contributed by atoms with van der Waals surface area (Å²) in [5.74, 6) is 0.666. The maximum absolute atomic E-state index is 13.1. The van der Waals surface area contributed by atoms with Crippen LogP contribution in [0.3, 0.4) is 0 Å². The van der Waals surface area contributed by atoms with Crippen molar-refractivity contribution in [2.75, 3.05) is 13.1 Å². The third-order valence-electron chi connectivity index (χ3n) is 5.23. The second-order valence-corrected chi connectivity index (χ2v) is 7.13. The van der Waals surface area contributed by atoms with Crippen molar-refractivity contribution in [3.8, 4) is 0 Å². The zero-order chi connectivity index (χ0) is 17.0. The van der Waals surface area contributed by atoms with Gasteiger partial charge in [-0.3, -0.25) is 4.99 Å². The Balaban J connectivity index is 1.62. The fraction of sp³-hybridized carbons (Fsp3) is 0.632. The standard InChI is InChI=1S/C19H28FN3O/c1-2-21-18(23-16-7-9-17(24)10-8-16)22-13-19(11-12-19)14-3-5-15(20)6-4-14/h3-6,16-17,24H,2,7-13H2,1H3,(H2,21,22,23). The average molecular weight is 333 g/mol. The van der Waals surface area contributed by atoms with E-state index in [-0.39, 0.29) is 17.3 Å². The predicted molar refractivity (Wildman–Crippen MR) is 94.7 cm³/mol. The van der Waals surface area contributed by atoms with E-state index in [0.717, 1.165) is 57.6 Å². The summed E-state index contributed by atoms with van der Waals surface area (Å²) >= 11 is 0. The Kier molecular flexibility index (Phi) is 5.39. The molecule has 5 heteroatoms. The third kappa shape index (κ3) is 4.26. The number of hydrogen-bond donors (Lipinski definition) is 3. The fourth-order valence-electron chi connectivity index (χ4n) is 3.46. The lowest BCUT2D eigenvalue weighted by atomic mass is 9.93. The zero-order valence-corrected chi connectivity index (χ0v) is 14.4. The van der Waals surface area contributed by atoms with Crippen LogP contribution in [0.5, 0.6) is 0 Å². The highest BCUT2D eigenvalue weighted by Crippen LogP contribution is 2.48. The molecule has 1 aromatic rings. The van der Waals surface area contributed by atoms with Crippen LogP contribution in [0.15, 0.2) is 29.3 Å².